The lowest BCUT2D eigenvalue weighted by Gasteiger charge is -2.08. The molecule has 3 aromatic rings. The molecule has 2 N–H and O–H groups in total. The highest BCUT2D eigenvalue weighted by Gasteiger charge is 2.35. The summed E-state index contributed by atoms with van der Waals surface area (Å²) in [6, 6.07) is 5.06. The zero-order chi connectivity index (χ0) is 18.4. The van der Waals surface area contributed by atoms with E-state index in [9.17, 15) is 21.6 Å². The summed E-state index contributed by atoms with van der Waals surface area (Å²) in [5.41, 5.74) is 1.57. The number of halogens is 3. The molecule has 0 aliphatic carbocycles. The van der Waals surface area contributed by atoms with Crippen molar-refractivity contribution in [1.82, 2.24) is 9.97 Å². The molecular formula is C14H9F3N4O2S2. The molecule has 0 saturated heterocycles. The number of sulfonamides is 1. The molecule has 2 aromatic heterocycles. The number of H-pyrrole nitrogens is 1. The Hall–Kier alpha value is -2.58. The fourth-order valence-electron chi connectivity index (χ4n) is 2.30. The summed E-state index contributed by atoms with van der Waals surface area (Å²) in [5, 5.41) is 9.65. The number of aryl methyl sites for hydroxylation is 1. The van der Waals surface area contributed by atoms with Crippen LogP contribution in [0, 0.1) is 18.3 Å². The highest BCUT2D eigenvalue weighted by Crippen LogP contribution is 2.36. The minimum Gasteiger partial charge on any atom is -0.358 e. The second kappa shape index (κ2) is 5.75. The van der Waals surface area contributed by atoms with Crippen LogP contribution in [0.5, 0.6) is 0 Å². The molecule has 0 unspecified atom stereocenters. The van der Waals surface area contributed by atoms with Crippen molar-refractivity contribution >= 4 is 38.0 Å². The van der Waals surface area contributed by atoms with E-state index >= 15 is 0 Å². The average Bonchev–Trinajstić information content (AvgIpc) is 3.16. The van der Waals surface area contributed by atoms with Crippen LogP contribution in [-0.2, 0) is 16.2 Å². The predicted molar refractivity (Wildman–Crippen MR) is 85.7 cm³/mol. The summed E-state index contributed by atoms with van der Waals surface area (Å²) in [7, 11) is -4.30. The lowest BCUT2D eigenvalue weighted by atomic mass is 10.1. The molecule has 0 aliphatic heterocycles. The fourth-order valence-corrected chi connectivity index (χ4v) is 4.38. The third kappa shape index (κ3) is 3.06. The first-order valence-electron chi connectivity index (χ1n) is 6.70. The molecular weight excluding hydrogens is 377 g/mol. The molecule has 3 rings (SSSR count). The van der Waals surface area contributed by atoms with Gasteiger partial charge in [-0.25, -0.2) is 4.98 Å². The van der Waals surface area contributed by atoms with E-state index in [1.54, 1.807) is 13.0 Å². The summed E-state index contributed by atoms with van der Waals surface area (Å²) >= 11 is 0.0351. The van der Waals surface area contributed by atoms with Crippen molar-refractivity contribution in [1.29, 1.82) is 5.26 Å². The first-order chi connectivity index (χ1) is 11.6. The van der Waals surface area contributed by atoms with E-state index in [4.69, 9.17) is 5.26 Å². The molecule has 0 spiro atoms. The molecule has 25 heavy (non-hydrogen) atoms. The zero-order valence-electron chi connectivity index (χ0n) is 12.5. The maximum atomic E-state index is 12.6. The zero-order valence-corrected chi connectivity index (χ0v) is 14.1. The molecule has 11 heteroatoms. The van der Waals surface area contributed by atoms with Gasteiger partial charge in [-0.1, -0.05) is 17.4 Å². The van der Waals surface area contributed by atoms with Crippen molar-refractivity contribution in [3.8, 4) is 6.07 Å². The first-order valence-corrected chi connectivity index (χ1v) is 9.00. The Morgan fingerprint density at radius 1 is 1.36 bits per heavy atom. The van der Waals surface area contributed by atoms with Crippen LogP contribution in [0.2, 0.25) is 0 Å². The molecule has 0 bridgehead atoms. The third-order valence-electron chi connectivity index (χ3n) is 3.40. The molecule has 6 nitrogen and oxygen atoms in total. The summed E-state index contributed by atoms with van der Waals surface area (Å²) in [6.45, 7) is 1.76. The van der Waals surface area contributed by atoms with Gasteiger partial charge in [-0.2, -0.15) is 26.9 Å². The quantitative estimate of drug-likeness (QED) is 0.718. The summed E-state index contributed by atoms with van der Waals surface area (Å²) in [4.78, 5) is 5.06. The Morgan fingerprint density at radius 3 is 2.68 bits per heavy atom. The van der Waals surface area contributed by atoms with Gasteiger partial charge in [0.2, 0.25) is 4.34 Å². The van der Waals surface area contributed by atoms with E-state index in [0.717, 1.165) is 5.56 Å². The van der Waals surface area contributed by atoms with Crippen molar-refractivity contribution in [3.63, 3.8) is 0 Å². The number of nitriles is 1. The van der Waals surface area contributed by atoms with E-state index < -0.39 is 25.4 Å². The smallest absolute Gasteiger partial charge is 0.358 e. The van der Waals surface area contributed by atoms with Crippen LogP contribution in [0.4, 0.5) is 18.9 Å². The Balaban J connectivity index is 2.04. The molecule has 0 saturated carbocycles. The Labute approximate surface area is 144 Å². The number of nitrogens with one attached hydrogen (secondary N) is 2. The van der Waals surface area contributed by atoms with Crippen molar-refractivity contribution in [2.45, 2.75) is 17.4 Å². The number of aromatic nitrogens is 2. The summed E-state index contributed by atoms with van der Waals surface area (Å²) in [6.07, 6.45) is -2.75. The van der Waals surface area contributed by atoms with Crippen LogP contribution < -0.4 is 4.72 Å². The van der Waals surface area contributed by atoms with Gasteiger partial charge in [-0.3, -0.25) is 4.72 Å². The minimum atomic E-state index is -4.66. The van der Waals surface area contributed by atoms with Gasteiger partial charge >= 0.3 is 6.18 Å². The van der Waals surface area contributed by atoms with Crippen LogP contribution in [-0.4, -0.2) is 18.4 Å². The number of aromatic amines is 1. The Bertz CT molecular complexity index is 1110. The molecule has 0 fully saturated rings. The molecule has 0 atom stereocenters. The standard InChI is InChI=1S/C14H9F3N4O2S2/c1-7-2-3-9(12-11(7)8(4-18)5-19-12)21-25(22,23)13-20-6-10(24-13)14(15,16)17/h2-3,5-6,19,21H,1H3. The van der Waals surface area contributed by atoms with Crippen LogP contribution >= 0.6 is 11.3 Å². The maximum Gasteiger partial charge on any atom is 0.427 e. The molecule has 130 valence electrons. The van der Waals surface area contributed by atoms with Crippen molar-refractivity contribution in [3.05, 3.63) is 40.5 Å². The normalized spacial score (nSPS) is 12.3. The van der Waals surface area contributed by atoms with Gasteiger partial charge in [0.25, 0.3) is 10.0 Å². The molecule has 0 radical (unpaired) electrons. The largest absolute Gasteiger partial charge is 0.427 e. The SMILES string of the molecule is Cc1ccc(NS(=O)(=O)c2ncc(C(F)(F)F)s2)c2[nH]cc(C#N)c12. The molecule has 2 heterocycles. The predicted octanol–water partition coefficient (Wildman–Crippen LogP) is 3.62. The second-order valence-corrected chi connectivity index (χ2v) is 7.97. The summed E-state index contributed by atoms with van der Waals surface area (Å²) in [5.74, 6) is 0. The van der Waals surface area contributed by atoms with E-state index in [2.05, 4.69) is 14.7 Å². The Kier molecular flexibility index (Phi) is 3.97. The topological polar surface area (TPSA) is 98.6 Å². The average molecular weight is 386 g/mol. The number of rotatable bonds is 3. The summed E-state index contributed by atoms with van der Waals surface area (Å²) < 4.78 is 64.1. The van der Waals surface area contributed by atoms with Gasteiger partial charge in [0.05, 0.1) is 23.0 Å². The van der Waals surface area contributed by atoms with Crippen molar-refractivity contribution in [2.24, 2.45) is 0 Å². The maximum absolute atomic E-state index is 12.6. The highest BCUT2D eigenvalue weighted by molar-refractivity contribution is 7.94. The number of hydrogen-bond donors (Lipinski definition) is 2. The van der Waals surface area contributed by atoms with Crippen LogP contribution in [0.25, 0.3) is 10.9 Å². The number of fused-ring (bicyclic) bond motifs is 1. The Morgan fingerprint density at radius 2 is 2.08 bits per heavy atom. The van der Waals surface area contributed by atoms with Gasteiger partial charge < -0.3 is 4.98 Å². The van der Waals surface area contributed by atoms with Crippen LogP contribution in [0.1, 0.15) is 16.0 Å². The number of anilines is 1. The number of hydrogen-bond acceptors (Lipinski definition) is 5. The lowest BCUT2D eigenvalue weighted by Crippen LogP contribution is -2.13. The van der Waals surface area contributed by atoms with E-state index in [0.29, 0.717) is 22.7 Å². The lowest BCUT2D eigenvalue weighted by molar-refractivity contribution is -0.134. The van der Waals surface area contributed by atoms with Gasteiger partial charge in [0.1, 0.15) is 10.9 Å². The van der Waals surface area contributed by atoms with E-state index in [1.165, 1.54) is 12.3 Å². The minimum absolute atomic E-state index is 0.0351. The first kappa shape index (κ1) is 17.2. The second-order valence-electron chi connectivity index (χ2n) is 5.09. The van der Waals surface area contributed by atoms with Gasteiger partial charge in [-0.15, -0.1) is 0 Å². The molecule has 1 aromatic carbocycles. The highest BCUT2D eigenvalue weighted by atomic mass is 32.2. The van der Waals surface area contributed by atoms with Crippen molar-refractivity contribution in [2.75, 3.05) is 4.72 Å². The number of thiazole rings is 1. The van der Waals surface area contributed by atoms with Gasteiger partial charge in [-0.05, 0) is 18.6 Å². The number of alkyl halides is 3. The fraction of sp³-hybridized carbons (Fsp3) is 0.143. The van der Waals surface area contributed by atoms with Crippen LogP contribution in [0.15, 0.2) is 28.9 Å². The van der Waals surface area contributed by atoms with Gasteiger partial charge in [0, 0.05) is 11.6 Å². The van der Waals surface area contributed by atoms with E-state index in [-0.39, 0.29) is 17.0 Å². The molecule has 0 amide bonds. The van der Waals surface area contributed by atoms with Gasteiger partial charge in [0.15, 0.2) is 0 Å². The van der Waals surface area contributed by atoms with E-state index in [1.807, 2.05) is 6.07 Å². The van der Waals surface area contributed by atoms with Crippen LogP contribution in [0.3, 0.4) is 0 Å². The van der Waals surface area contributed by atoms with Crippen molar-refractivity contribution < 1.29 is 21.6 Å². The molecule has 0 aliphatic rings. The number of benzene rings is 1. The third-order valence-corrected chi connectivity index (χ3v) is 6.20. The number of nitrogens with zero attached hydrogens (tertiary/aromatic N) is 2. The monoisotopic (exact) mass is 386 g/mol.